The van der Waals surface area contributed by atoms with E-state index in [2.05, 4.69) is 76.8 Å². The minimum atomic E-state index is -2.10. The molecule has 0 aliphatic rings. The molecule has 0 aliphatic heterocycles. The molecule has 0 atom stereocenters. The van der Waals surface area contributed by atoms with Crippen molar-refractivity contribution >= 4 is 25.0 Å². The highest BCUT2D eigenvalue weighted by Crippen LogP contribution is 2.31. The van der Waals surface area contributed by atoms with E-state index in [1.165, 1.54) is 26.8 Å². The summed E-state index contributed by atoms with van der Waals surface area (Å²) in [4.78, 5) is 1.29. The van der Waals surface area contributed by atoms with E-state index in [1.54, 1.807) is 12.3 Å². The molecule has 0 fully saturated rings. The number of rotatable bonds is 5. The quantitative estimate of drug-likeness (QED) is 0.257. The Morgan fingerprint density at radius 1 is 0.966 bits per heavy atom. The van der Waals surface area contributed by atoms with Crippen LogP contribution in [0.25, 0.3) is 22.4 Å². The summed E-state index contributed by atoms with van der Waals surface area (Å²) in [5, 5.41) is 2.01. The summed E-state index contributed by atoms with van der Waals surface area (Å²) in [6.45, 7) is 11.6. The monoisotopic (exact) mass is 423 g/mol. The lowest BCUT2D eigenvalue weighted by Gasteiger charge is -2.23. The van der Waals surface area contributed by atoms with Crippen molar-refractivity contribution < 1.29 is 8.68 Å². The second-order valence-corrected chi connectivity index (χ2v) is 15.8. The van der Waals surface area contributed by atoms with E-state index in [1.807, 2.05) is 29.4 Å². The van der Waals surface area contributed by atoms with Crippen LogP contribution in [0.1, 0.15) is 29.1 Å². The van der Waals surface area contributed by atoms with E-state index in [0.717, 1.165) is 11.3 Å². The molecule has 0 amide bonds. The summed E-state index contributed by atoms with van der Waals surface area (Å²) in [5.41, 5.74) is 6.26. The number of benzene rings is 2. The summed E-state index contributed by atoms with van der Waals surface area (Å²) in [6.07, 6.45) is 1.73. The number of aryl methyl sites for hydroxylation is 3. The van der Waals surface area contributed by atoms with E-state index in [9.17, 15) is 0 Å². The number of hydrogen-bond donors (Lipinski definition) is 0. The molecule has 2 aromatic carbocycles. The summed E-state index contributed by atoms with van der Waals surface area (Å²) >= 11 is 1.88. The summed E-state index contributed by atoms with van der Waals surface area (Å²) < 4.78 is 25.1. The van der Waals surface area contributed by atoms with Crippen LogP contribution in [-0.4, -0.2) is 13.3 Å². The molecule has 0 spiro atoms. The molecule has 3 heteroatoms. The third kappa shape index (κ3) is 5.02. The molecular weight excluding hydrogens is 386 g/mol. The Balaban J connectivity index is 2.17. The van der Waals surface area contributed by atoms with Gasteiger partial charge in [-0.05, 0) is 54.7 Å². The van der Waals surface area contributed by atoms with Crippen LogP contribution in [0.5, 0.6) is 0 Å². The first kappa shape index (κ1) is 18.0. The summed E-state index contributed by atoms with van der Waals surface area (Å²) in [7, 11) is 0.335. The Labute approximate surface area is 186 Å². The van der Waals surface area contributed by atoms with Crippen molar-refractivity contribution in [2.45, 2.75) is 57.4 Å². The minimum absolute atomic E-state index is 0.360. The second kappa shape index (κ2) is 8.49. The topological polar surface area (TPSA) is 3.88 Å². The molecule has 3 aromatic rings. The van der Waals surface area contributed by atoms with Gasteiger partial charge in [-0.15, -0.1) is 11.8 Å². The van der Waals surface area contributed by atoms with Crippen molar-refractivity contribution in [1.29, 1.82) is 0 Å². The Hall–Kier alpha value is -1.84. The maximum absolute atomic E-state index is 7.71. The zero-order valence-corrected chi connectivity index (χ0v) is 20.4. The third-order valence-electron chi connectivity index (χ3n) is 5.12. The van der Waals surface area contributed by atoms with Gasteiger partial charge in [0.05, 0.1) is 8.07 Å². The highest BCUT2D eigenvalue weighted by atomic mass is 32.2. The Kier molecular flexibility index (Phi) is 5.26. The average Bonchev–Trinajstić information content (AvgIpc) is 2.67. The largest absolute Gasteiger partial charge is 0.212 e. The summed E-state index contributed by atoms with van der Waals surface area (Å²) in [6, 6.07) is 17.2. The van der Waals surface area contributed by atoms with E-state index in [4.69, 9.17) is 4.11 Å². The molecule has 0 N–H and O–H groups in total. The molecule has 0 bridgehead atoms. The maximum Gasteiger partial charge on any atom is 0.212 e. The molecule has 0 saturated carbocycles. The van der Waals surface area contributed by atoms with Crippen LogP contribution in [0.3, 0.4) is 0 Å². The van der Waals surface area contributed by atoms with Gasteiger partial charge in [0.2, 0.25) is 5.69 Å². The van der Waals surface area contributed by atoms with E-state index in [-0.39, 0.29) is 0 Å². The first-order chi connectivity index (χ1) is 14.8. The normalized spacial score (nSPS) is 13.9. The van der Waals surface area contributed by atoms with Gasteiger partial charge in [0.1, 0.15) is 7.05 Å². The van der Waals surface area contributed by atoms with E-state index >= 15 is 0 Å². The zero-order chi connectivity index (χ0) is 23.8. The van der Waals surface area contributed by atoms with Crippen molar-refractivity contribution in [1.82, 2.24) is 0 Å². The van der Waals surface area contributed by atoms with Crippen LogP contribution in [0.4, 0.5) is 0 Å². The fourth-order valence-corrected chi connectivity index (χ4v) is 6.23. The zero-order valence-electron chi connectivity index (χ0n) is 21.6. The molecule has 1 aromatic heterocycles. The predicted molar refractivity (Wildman–Crippen MR) is 132 cm³/mol. The van der Waals surface area contributed by atoms with Gasteiger partial charge in [-0.3, -0.25) is 0 Å². The van der Waals surface area contributed by atoms with Gasteiger partial charge in [0, 0.05) is 31.5 Å². The number of pyridine rings is 1. The minimum Gasteiger partial charge on any atom is -0.201 e. The lowest BCUT2D eigenvalue weighted by Crippen LogP contribution is -2.39. The Morgan fingerprint density at radius 2 is 1.66 bits per heavy atom. The molecule has 152 valence electrons. The molecule has 0 unspecified atom stereocenters. The molecule has 29 heavy (non-hydrogen) atoms. The van der Waals surface area contributed by atoms with Crippen LogP contribution in [0.2, 0.25) is 19.6 Å². The standard InChI is InChI=1S/C26H34NSSi/c1-18(2)28-22-12-10-21(11-13-22)24-16-23(20(4)15-26(24)29(6,7)8)25-14-9-19(3)17-27(25)5/h9-18H,1-8H3/q+1/i3D3. The highest BCUT2D eigenvalue weighted by molar-refractivity contribution is 7.99. The number of aromatic nitrogens is 1. The van der Waals surface area contributed by atoms with Crippen LogP contribution < -0.4 is 9.75 Å². The molecular formula is C26H34NSSi+. The Bertz CT molecular complexity index is 1110. The Morgan fingerprint density at radius 3 is 2.21 bits per heavy atom. The second-order valence-electron chi connectivity index (χ2n) is 9.07. The van der Waals surface area contributed by atoms with Crippen LogP contribution in [0, 0.1) is 13.8 Å². The highest BCUT2D eigenvalue weighted by Gasteiger charge is 2.24. The van der Waals surface area contributed by atoms with Gasteiger partial charge < -0.3 is 0 Å². The molecule has 3 rings (SSSR count). The van der Waals surface area contributed by atoms with Gasteiger partial charge in [-0.2, -0.15) is 0 Å². The maximum atomic E-state index is 7.71. The average molecular weight is 424 g/mol. The van der Waals surface area contributed by atoms with Gasteiger partial charge in [0.25, 0.3) is 0 Å². The van der Waals surface area contributed by atoms with Crippen molar-refractivity contribution in [3.63, 3.8) is 0 Å². The smallest absolute Gasteiger partial charge is 0.201 e. The fourth-order valence-electron chi connectivity index (χ4n) is 3.72. The van der Waals surface area contributed by atoms with Gasteiger partial charge in [0.15, 0.2) is 6.20 Å². The predicted octanol–water partition coefficient (Wildman–Crippen LogP) is 6.51. The molecule has 0 saturated heterocycles. The van der Waals surface area contributed by atoms with Gasteiger partial charge in [-0.25, -0.2) is 4.57 Å². The van der Waals surface area contributed by atoms with Gasteiger partial charge in [-0.1, -0.05) is 56.9 Å². The molecule has 0 aliphatic carbocycles. The molecule has 0 radical (unpaired) electrons. The fraction of sp³-hybridized carbons (Fsp3) is 0.346. The van der Waals surface area contributed by atoms with Gasteiger partial charge >= 0.3 is 0 Å². The van der Waals surface area contributed by atoms with Crippen molar-refractivity contribution in [2.24, 2.45) is 7.05 Å². The van der Waals surface area contributed by atoms with Crippen molar-refractivity contribution in [2.75, 3.05) is 0 Å². The van der Waals surface area contributed by atoms with Crippen molar-refractivity contribution in [3.05, 3.63) is 65.9 Å². The van der Waals surface area contributed by atoms with E-state index in [0.29, 0.717) is 10.8 Å². The lowest BCUT2D eigenvalue weighted by atomic mass is 9.97. The first-order valence-electron chi connectivity index (χ1n) is 11.7. The van der Waals surface area contributed by atoms with Crippen LogP contribution in [-0.2, 0) is 7.05 Å². The third-order valence-corrected chi connectivity index (χ3v) is 8.16. The molecule has 1 nitrogen and oxygen atoms in total. The number of thioether (sulfide) groups is 1. The number of hydrogen-bond acceptors (Lipinski definition) is 1. The SMILES string of the molecule is [2H]C([2H])([2H])c1ccc(-c2cc(-c3ccc(SC(C)C)cc3)c([Si](C)(C)C)cc2C)[n+](C)c1. The summed E-state index contributed by atoms with van der Waals surface area (Å²) in [5.74, 6) is 0. The first-order valence-corrected chi connectivity index (χ1v) is 14.6. The van der Waals surface area contributed by atoms with Crippen molar-refractivity contribution in [3.8, 4) is 22.4 Å². The lowest BCUT2D eigenvalue weighted by molar-refractivity contribution is -0.660. The van der Waals surface area contributed by atoms with E-state index < -0.39 is 14.9 Å². The van der Waals surface area contributed by atoms with Crippen LogP contribution in [0.15, 0.2) is 59.6 Å². The van der Waals surface area contributed by atoms with Crippen LogP contribution >= 0.6 is 11.8 Å². The molecule has 1 heterocycles. The number of nitrogens with zero attached hydrogens (tertiary/aromatic N) is 1.